The summed E-state index contributed by atoms with van der Waals surface area (Å²) in [4.78, 5) is 25.9. The van der Waals surface area contributed by atoms with Crippen LogP contribution in [0.4, 0.5) is 11.4 Å². The summed E-state index contributed by atoms with van der Waals surface area (Å²) < 4.78 is 0. The summed E-state index contributed by atoms with van der Waals surface area (Å²) in [5.41, 5.74) is 3.83. The Balaban J connectivity index is 1.75. The summed E-state index contributed by atoms with van der Waals surface area (Å²) in [6.45, 7) is 2.13. The first kappa shape index (κ1) is 14.3. The van der Waals surface area contributed by atoms with Gasteiger partial charge in [-0.25, -0.2) is 0 Å². The highest BCUT2D eigenvalue weighted by atomic mass is 16.2. The Labute approximate surface area is 129 Å². The maximum absolute atomic E-state index is 12.5. The number of amides is 2. The van der Waals surface area contributed by atoms with Gasteiger partial charge in [-0.1, -0.05) is 36.4 Å². The molecule has 0 aliphatic carbocycles. The fourth-order valence-electron chi connectivity index (χ4n) is 2.72. The molecule has 0 bridgehead atoms. The smallest absolute Gasteiger partial charge is 0.244 e. The largest absolute Gasteiger partial charge is 0.323 e. The van der Waals surface area contributed by atoms with Crippen LogP contribution in [-0.4, -0.2) is 18.4 Å². The first-order valence-corrected chi connectivity index (χ1v) is 7.39. The summed E-state index contributed by atoms with van der Waals surface area (Å²) in [5, 5.41) is 2.79. The van der Waals surface area contributed by atoms with Crippen LogP contribution in [0.2, 0.25) is 0 Å². The van der Waals surface area contributed by atoms with Gasteiger partial charge in [0.1, 0.15) is 6.54 Å². The van der Waals surface area contributed by atoms with Gasteiger partial charge in [0.05, 0.1) is 11.4 Å². The molecule has 22 heavy (non-hydrogen) atoms. The molecular formula is C18H18N2O2. The number of nitrogens with zero attached hydrogens (tertiary/aromatic N) is 1. The molecule has 4 nitrogen and oxygen atoms in total. The van der Waals surface area contributed by atoms with E-state index in [1.165, 1.54) is 11.1 Å². The van der Waals surface area contributed by atoms with Crippen LogP contribution >= 0.6 is 0 Å². The zero-order chi connectivity index (χ0) is 15.5. The first-order valence-electron chi connectivity index (χ1n) is 7.39. The standard InChI is InChI=1S/C18H18N2O2/c1-13-6-2-3-7-14(13)10-11-18(22)20-12-17(21)19-15-8-4-5-9-16(15)20/h2-9H,10-12H2,1H3,(H,19,21). The van der Waals surface area contributed by atoms with Gasteiger partial charge in [-0.2, -0.15) is 0 Å². The summed E-state index contributed by atoms with van der Waals surface area (Å²) in [5.74, 6) is -0.173. The monoisotopic (exact) mass is 294 g/mol. The van der Waals surface area contributed by atoms with Crippen molar-refractivity contribution < 1.29 is 9.59 Å². The Bertz CT molecular complexity index is 725. The Morgan fingerprint density at radius 1 is 1.14 bits per heavy atom. The quantitative estimate of drug-likeness (QED) is 0.946. The maximum Gasteiger partial charge on any atom is 0.244 e. The van der Waals surface area contributed by atoms with Crippen molar-refractivity contribution in [2.45, 2.75) is 19.8 Å². The molecule has 1 aliphatic rings. The highest BCUT2D eigenvalue weighted by Gasteiger charge is 2.26. The summed E-state index contributed by atoms with van der Waals surface area (Å²) in [6, 6.07) is 15.5. The second kappa shape index (κ2) is 6.02. The van der Waals surface area contributed by atoms with Gasteiger partial charge in [0.15, 0.2) is 0 Å². The minimum Gasteiger partial charge on any atom is -0.323 e. The minimum atomic E-state index is -0.150. The van der Waals surface area contributed by atoms with Crippen LogP contribution in [0.3, 0.4) is 0 Å². The Kier molecular flexibility index (Phi) is 3.92. The third-order valence-electron chi connectivity index (χ3n) is 3.94. The lowest BCUT2D eigenvalue weighted by Crippen LogP contribution is -2.42. The average molecular weight is 294 g/mol. The number of carbonyl (C=O) groups excluding carboxylic acids is 2. The van der Waals surface area contributed by atoms with Crippen LogP contribution in [0, 0.1) is 6.92 Å². The van der Waals surface area contributed by atoms with Crippen LogP contribution in [0.25, 0.3) is 0 Å². The van der Waals surface area contributed by atoms with Crippen LogP contribution in [0.1, 0.15) is 17.5 Å². The van der Waals surface area contributed by atoms with Crippen LogP contribution in [-0.2, 0) is 16.0 Å². The van der Waals surface area contributed by atoms with E-state index in [9.17, 15) is 9.59 Å². The van der Waals surface area contributed by atoms with E-state index in [1.807, 2.05) is 55.5 Å². The van der Waals surface area contributed by atoms with Gasteiger partial charge >= 0.3 is 0 Å². The van der Waals surface area contributed by atoms with Gasteiger partial charge in [0.25, 0.3) is 0 Å². The number of hydrogen-bond donors (Lipinski definition) is 1. The molecule has 2 aromatic rings. The highest BCUT2D eigenvalue weighted by molar-refractivity contribution is 6.09. The van der Waals surface area contributed by atoms with Crippen molar-refractivity contribution in [3.05, 3.63) is 59.7 Å². The van der Waals surface area contributed by atoms with Gasteiger partial charge < -0.3 is 10.2 Å². The third-order valence-corrected chi connectivity index (χ3v) is 3.94. The topological polar surface area (TPSA) is 49.4 Å². The van der Waals surface area contributed by atoms with Crippen LogP contribution in [0.5, 0.6) is 0 Å². The highest BCUT2D eigenvalue weighted by Crippen LogP contribution is 2.29. The van der Waals surface area contributed by atoms with Crippen molar-refractivity contribution in [1.82, 2.24) is 0 Å². The molecule has 1 N–H and O–H groups in total. The van der Waals surface area contributed by atoms with Crippen molar-refractivity contribution in [2.24, 2.45) is 0 Å². The van der Waals surface area contributed by atoms with E-state index < -0.39 is 0 Å². The summed E-state index contributed by atoms with van der Waals surface area (Å²) in [6.07, 6.45) is 1.08. The number of rotatable bonds is 3. The number of para-hydroxylation sites is 2. The van der Waals surface area contributed by atoms with Crippen molar-refractivity contribution in [2.75, 3.05) is 16.8 Å². The van der Waals surface area contributed by atoms with Crippen LogP contribution in [0.15, 0.2) is 48.5 Å². The number of benzene rings is 2. The summed E-state index contributed by atoms with van der Waals surface area (Å²) >= 11 is 0. The van der Waals surface area contributed by atoms with Gasteiger partial charge in [0, 0.05) is 6.42 Å². The van der Waals surface area contributed by atoms with E-state index in [-0.39, 0.29) is 18.4 Å². The van der Waals surface area contributed by atoms with E-state index in [2.05, 4.69) is 5.32 Å². The fraction of sp³-hybridized carbons (Fsp3) is 0.222. The van der Waals surface area contributed by atoms with Gasteiger partial charge in [-0.05, 0) is 36.6 Å². The SMILES string of the molecule is Cc1ccccc1CCC(=O)N1CC(=O)Nc2ccccc21. The van der Waals surface area contributed by atoms with E-state index in [1.54, 1.807) is 4.90 Å². The van der Waals surface area contributed by atoms with Crippen molar-refractivity contribution in [3.8, 4) is 0 Å². The Hall–Kier alpha value is -2.62. The second-order valence-corrected chi connectivity index (χ2v) is 5.47. The molecule has 3 rings (SSSR count). The molecule has 4 heteroatoms. The van der Waals surface area contributed by atoms with E-state index >= 15 is 0 Å². The molecule has 2 amide bonds. The predicted octanol–water partition coefficient (Wildman–Crippen LogP) is 2.91. The lowest BCUT2D eigenvalue weighted by Gasteiger charge is -2.29. The zero-order valence-corrected chi connectivity index (χ0v) is 12.5. The molecule has 2 aromatic carbocycles. The van der Waals surface area contributed by atoms with E-state index in [0.717, 1.165) is 5.69 Å². The lowest BCUT2D eigenvalue weighted by atomic mass is 10.0. The number of aryl methyl sites for hydroxylation is 2. The average Bonchev–Trinajstić information content (AvgIpc) is 2.53. The maximum atomic E-state index is 12.5. The Morgan fingerprint density at radius 2 is 1.86 bits per heavy atom. The molecule has 1 aliphatic heterocycles. The molecular weight excluding hydrogens is 276 g/mol. The molecule has 0 fully saturated rings. The van der Waals surface area contributed by atoms with Crippen molar-refractivity contribution in [1.29, 1.82) is 0 Å². The third kappa shape index (κ3) is 2.86. The predicted molar refractivity (Wildman–Crippen MR) is 86.9 cm³/mol. The molecule has 112 valence electrons. The number of hydrogen-bond acceptors (Lipinski definition) is 2. The number of carbonyl (C=O) groups is 2. The van der Waals surface area contributed by atoms with Gasteiger partial charge in [0.2, 0.25) is 11.8 Å². The molecule has 0 radical (unpaired) electrons. The Morgan fingerprint density at radius 3 is 2.68 bits per heavy atom. The van der Waals surface area contributed by atoms with Crippen molar-refractivity contribution in [3.63, 3.8) is 0 Å². The van der Waals surface area contributed by atoms with Crippen LogP contribution < -0.4 is 10.2 Å². The first-order chi connectivity index (χ1) is 10.6. The molecule has 0 atom stereocenters. The van der Waals surface area contributed by atoms with E-state index in [0.29, 0.717) is 18.5 Å². The van der Waals surface area contributed by atoms with Gasteiger partial charge in [-0.15, -0.1) is 0 Å². The summed E-state index contributed by atoms with van der Waals surface area (Å²) in [7, 11) is 0. The normalized spacial score (nSPS) is 13.5. The number of fused-ring (bicyclic) bond motifs is 1. The molecule has 0 unspecified atom stereocenters. The molecule has 0 saturated heterocycles. The minimum absolute atomic E-state index is 0.0226. The second-order valence-electron chi connectivity index (χ2n) is 5.47. The molecule has 0 aromatic heterocycles. The zero-order valence-electron chi connectivity index (χ0n) is 12.5. The lowest BCUT2D eigenvalue weighted by molar-refractivity contribution is -0.121. The fourth-order valence-corrected chi connectivity index (χ4v) is 2.72. The molecule has 1 heterocycles. The van der Waals surface area contributed by atoms with E-state index in [4.69, 9.17) is 0 Å². The molecule has 0 saturated carbocycles. The number of nitrogens with one attached hydrogen (secondary N) is 1. The van der Waals surface area contributed by atoms with Gasteiger partial charge in [-0.3, -0.25) is 9.59 Å². The molecule has 0 spiro atoms. The number of anilines is 2. The van der Waals surface area contributed by atoms with Crippen molar-refractivity contribution >= 4 is 23.2 Å².